The summed E-state index contributed by atoms with van der Waals surface area (Å²) in [7, 11) is -2.22. The number of sulfonamides is 1. The fourth-order valence-electron chi connectivity index (χ4n) is 3.08. The minimum Gasteiger partial charge on any atom is -0.497 e. The first-order valence-corrected chi connectivity index (χ1v) is 10.0. The van der Waals surface area contributed by atoms with Crippen molar-refractivity contribution in [2.75, 3.05) is 25.5 Å². The van der Waals surface area contributed by atoms with E-state index in [2.05, 4.69) is 5.32 Å². The second-order valence-corrected chi connectivity index (χ2v) is 8.32. The van der Waals surface area contributed by atoms with Gasteiger partial charge in [0.05, 0.1) is 17.9 Å². The maximum Gasteiger partial charge on any atom is 0.243 e. The summed E-state index contributed by atoms with van der Waals surface area (Å²) in [6.07, 6.45) is 1.18. The normalized spacial score (nSPS) is 18.1. The molecule has 0 unspecified atom stereocenters. The Morgan fingerprint density at radius 1 is 1.22 bits per heavy atom. The fraction of sp³-hybridized carbons (Fsp3) is 0.316. The van der Waals surface area contributed by atoms with Gasteiger partial charge < -0.3 is 10.1 Å². The zero-order chi connectivity index (χ0) is 19.4. The fourth-order valence-corrected chi connectivity index (χ4v) is 4.60. The van der Waals surface area contributed by atoms with Crippen LogP contribution in [0.15, 0.2) is 53.4 Å². The van der Waals surface area contributed by atoms with Gasteiger partial charge in [0.1, 0.15) is 11.6 Å². The summed E-state index contributed by atoms with van der Waals surface area (Å²) in [6.45, 7) is 0.429. The number of carbonyl (C=O) groups is 1. The van der Waals surface area contributed by atoms with E-state index in [4.69, 9.17) is 4.74 Å². The number of amides is 1. The predicted molar refractivity (Wildman–Crippen MR) is 99.5 cm³/mol. The molecule has 1 atom stereocenters. The Labute approximate surface area is 158 Å². The Bertz CT molecular complexity index is 916. The van der Waals surface area contributed by atoms with E-state index >= 15 is 0 Å². The molecule has 3 rings (SSSR count). The highest BCUT2D eigenvalue weighted by Gasteiger charge is 2.33. The standard InChI is InChI=1S/C19H21FN2O4S/c1-26-17-6-2-5-16(12-17)21-19(23)14-4-3-11-22(13-14)27(24,25)18-9-7-15(20)8-10-18/h2,5-10,12,14H,3-4,11,13H2,1H3,(H,21,23)/t14-/m1/s1. The number of nitrogens with one attached hydrogen (secondary N) is 1. The van der Waals surface area contributed by atoms with Gasteiger partial charge >= 0.3 is 0 Å². The third-order valence-corrected chi connectivity index (χ3v) is 6.42. The highest BCUT2D eigenvalue weighted by atomic mass is 32.2. The highest BCUT2D eigenvalue weighted by Crippen LogP contribution is 2.25. The van der Waals surface area contributed by atoms with E-state index in [-0.39, 0.29) is 17.3 Å². The van der Waals surface area contributed by atoms with E-state index < -0.39 is 21.8 Å². The van der Waals surface area contributed by atoms with E-state index in [0.717, 1.165) is 12.1 Å². The predicted octanol–water partition coefficient (Wildman–Crippen LogP) is 2.87. The van der Waals surface area contributed by atoms with Crippen LogP contribution in [0.4, 0.5) is 10.1 Å². The van der Waals surface area contributed by atoms with E-state index in [1.807, 2.05) is 0 Å². The molecule has 1 N–H and O–H groups in total. The second-order valence-electron chi connectivity index (χ2n) is 6.38. The number of carbonyl (C=O) groups excluding carboxylic acids is 1. The molecule has 2 aromatic rings. The van der Waals surface area contributed by atoms with Gasteiger partial charge in [-0.25, -0.2) is 12.8 Å². The Morgan fingerprint density at radius 3 is 2.67 bits per heavy atom. The number of methoxy groups -OCH3 is 1. The van der Waals surface area contributed by atoms with Crippen LogP contribution in [0.25, 0.3) is 0 Å². The highest BCUT2D eigenvalue weighted by molar-refractivity contribution is 7.89. The van der Waals surface area contributed by atoms with Crippen molar-refractivity contribution in [3.63, 3.8) is 0 Å². The first-order chi connectivity index (χ1) is 12.9. The van der Waals surface area contributed by atoms with Crippen LogP contribution >= 0.6 is 0 Å². The summed E-state index contributed by atoms with van der Waals surface area (Å²) in [5, 5.41) is 2.82. The first kappa shape index (κ1) is 19.3. The molecule has 144 valence electrons. The molecule has 0 aliphatic carbocycles. The summed E-state index contributed by atoms with van der Waals surface area (Å²) < 4.78 is 45.0. The Hall–Kier alpha value is -2.45. The van der Waals surface area contributed by atoms with Gasteiger partial charge in [0, 0.05) is 24.8 Å². The summed E-state index contributed by atoms with van der Waals surface area (Å²) in [6, 6.07) is 11.7. The van der Waals surface area contributed by atoms with Crippen LogP contribution in [-0.4, -0.2) is 38.8 Å². The summed E-state index contributed by atoms with van der Waals surface area (Å²) >= 11 is 0. The van der Waals surface area contributed by atoms with Gasteiger partial charge in [-0.15, -0.1) is 0 Å². The van der Waals surface area contributed by atoms with Gasteiger partial charge in [-0.1, -0.05) is 6.07 Å². The van der Waals surface area contributed by atoms with Crippen LogP contribution in [0, 0.1) is 11.7 Å². The SMILES string of the molecule is COc1cccc(NC(=O)[C@@H]2CCCN(S(=O)(=O)c3ccc(F)cc3)C2)c1. The Kier molecular flexibility index (Phi) is 5.76. The number of hydrogen-bond acceptors (Lipinski definition) is 4. The molecule has 1 aliphatic heterocycles. The number of rotatable bonds is 5. The molecular formula is C19H21FN2O4S. The van der Waals surface area contributed by atoms with Crippen molar-refractivity contribution >= 4 is 21.6 Å². The van der Waals surface area contributed by atoms with E-state index in [9.17, 15) is 17.6 Å². The molecule has 1 heterocycles. The van der Waals surface area contributed by atoms with Crippen molar-refractivity contribution in [3.8, 4) is 5.75 Å². The molecule has 1 amide bonds. The third kappa shape index (κ3) is 4.45. The zero-order valence-corrected chi connectivity index (χ0v) is 15.7. The molecule has 0 saturated carbocycles. The molecule has 0 spiro atoms. The lowest BCUT2D eigenvalue weighted by atomic mass is 9.98. The summed E-state index contributed by atoms with van der Waals surface area (Å²) in [5.74, 6) is -0.567. The number of halogens is 1. The van der Waals surface area contributed by atoms with Gasteiger partial charge in [-0.05, 0) is 49.2 Å². The molecule has 2 aromatic carbocycles. The second kappa shape index (κ2) is 8.06. The van der Waals surface area contributed by atoms with Gasteiger partial charge in [0.15, 0.2) is 0 Å². The number of ether oxygens (including phenoxy) is 1. The molecule has 0 bridgehead atoms. The topological polar surface area (TPSA) is 75.7 Å². The van der Waals surface area contributed by atoms with Gasteiger partial charge in [-0.2, -0.15) is 4.31 Å². The minimum absolute atomic E-state index is 0.0257. The number of anilines is 1. The lowest BCUT2D eigenvalue weighted by molar-refractivity contribution is -0.120. The van der Waals surface area contributed by atoms with Crippen LogP contribution in [0.1, 0.15) is 12.8 Å². The lowest BCUT2D eigenvalue weighted by Gasteiger charge is -2.31. The maximum absolute atomic E-state index is 13.1. The molecule has 0 radical (unpaired) electrons. The van der Waals surface area contributed by atoms with Crippen LogP contribution in [0.3, 0.4) is 0 Å². The monoisotopic (exact) mass is 392 g/mol. The van der Waals surface area contributed by atoms with Gasteiger partial charge in [0.25, 0.3) is 0 Å². The summed E-state index contributed by atoms with van der Waals surface area (Å²) in [5.41, 5.74) is 0.595. The largest absolute Gasteiger partial charge is 0.497 e. The van der Waals surface area contributed by atoms with Crippen molar-refractivity contribution < 1.29 is 22.3 Å². The van der Waals surface area contributed by atoms with Crippen LogP contribution in [0.5, 0.6) is 5.75 Å². The Balaban J connectivity index is 1.71. The van der Waals surface area contributed by atoms with E-state index in [0.29, 0.717) is 30.8 Å². The zero-order valence-electron chi connectivity index (χ0n) is 14.9. The molecule has 1 saturated heterocycles. The molecule has 8 heteroatoms. The molecule has 0 aromatic heterocycles. The van der Waals surface area contributed by atoms with Crippen molar-refractivity contribution in [1.29, 1.82) is 0 Å². The smallest absolute Gasteiger partial charge is 0.243 e. The molecule has 6 nitrogen and oxygen atoms in total. The first-order valence-electron chi connectivity index (χ1n) is 8.61. The molecule has 27 heavy (non-hydrogen) atoms. The van der Waals surface area contributed by atoms with E-state index in [1.165, 1.54) is 16.4 Å². The Morgan fingerprint density at radius 2 is 1.96 bits per heavy atom. The summed E-state index contributed by atoms with van der Waals surface area (Å²) in [4.78, 5) is 12.6. The van der Waals surface area contributed by atoms with Gasteiger partial charge in [0.2, 0.25) is 15.9 Å². The van der Waals surface area contributed by atoms with Crippen LogP contribution in [-0.2, 0) is 14.8 Å². The maximum atomic E-state index is 13.1. The molecule has 1 fully saturated rings. The third-order valence-electron chi connectivity index (χ3n) is 4.54. The lowest BCUT2D eigenvalue weighted by Crippen LogP contribution is -2.43. The molecule has 1 aliphatic rings. The number of piperidine rings is 1. The van der Waals surface area contributed by atoms with Crippen LogP contribution in [0.2, 0.25) is 0 Å². The average Bonchev–Trinajstić information content (AvgIpc) is 2.68. The quantitative estimate of drug-likeness (QED) is 0.849. The van der Waals surface area contributed by atoms with Crippen molar-refractivity contribution in [1.82, 2.24) is 4.31 Å². The van der Waals surface area contributed by atoms with Crippen molar-refractivity contribution in [2.45, 2.75) is 17.7 Å². The van der Waals surface area contributed by atoms with Crippen molar-refractivity contribution in [2.24, 2.45) is 5.92 Å². The number of nitrogens with zero attached hydrogens (tertiary/aromatic N) is 1. The van der Waals surface area contributed by atoms with E-state index in [1.54, 1.807) is 31.4 Å². The minimum atomic E-state index is -3.76. The number of benzene rings is 2. The molecular weight excluding hydrogens is 371 g/mol. The number of hydrogen-bond donors (Lipinski definition) is 1. The van der Waals surface area contributed by atoms with Crippen molar-refractivity contribution in [3.05, 3.63) is 54.3 Å². The van der Waals surface area contributed by atoms with Crippen LogP contribution < -0.4 is 10.1 Å². The van der Waals surface area contributed by atoms with Gasteiger partial charge in [-0.3, -0.25) is 4.79 Å². The average molecular weight is 392 g/mol.